The minimum absolute atomic E-state index is 0.00862. The summed E-state index contributed by atoms with van der Waals surface area (Å²) in [5.41, 5.74) is 3.96. The van der Waals surface area contributed by atoms with Crippen LogP contribution in [-0.2, 0) is 4.79 Å². The smallest absolute Gasteiger partial charge is 0.481 e. The van der Waals surface area contributed by atoms with Crippen molar-refractivity contribution in [1.82, 2.24) is 20.1 Å². The van der Waals surface area contributed by atoms with Crippen molar-refractivity contribution in [1.29, 1.82) is 0 Å². The largest absolute Gasteiger partial charge is 0.573 e. The minimum atomic E-state index is -4.81. The summed E-state index contributed by atoms with van der Waals surface area (Å²) in [6.45, 7) is 1.92. The van der Waals surface area contributed by atoms with E-state index in [1.54, 1.807) is 59.3 Å². The molecule has 5 aromatic rings. The highest BCUT2D eigenvalue weighted by atomic mass is 35.5. The van der Waals surface area contributed by atoms with E-state index in [2.05, 4.69) is 10.1 Å². The van der Waals surface area contributed by atoms with E-state index < -0.39 is 18.2 Å². The van der Waals surface area contributed by atoms with Crippen LogP contribution >= 0.6 is 23.2 Å². The lowest BCUT2D eigenvalue weighted by Crippen LogP contribution is -2.26. The number of carboxylic acids is 1. The zero-order chi connectivity index (χ0) is 31.6. The van der Waals surface area contributed by atoms with E-state index in [-0.39, 0.29) is 24.8 Å². The number of pyridine rings is 1. The van der Waals surface area contributed by atoms with Crippen molar-refractivity contribution in [2.45, 2.75) is 25.7 Å². The number of rotatable bonds is 9. The molecule has 8 nitrogen and oxygen atoms in total. The summed E-state index contributed by atoms with van der Waals surface area (Å²) in [5.74, 6) is -1.75. The first-order valence-corrected chi connectivity index (χ1v) is 13.9. The molecule has 0 aliphatic heterocycles. The molecule has 1 amide bonds. The van der Waals surface area contributed by atoms with Gasteiger partial charge in [-0.25, -0.2) is 4.98 Å². The number of carbonyl (C=O) groups excluding carboxylic acids is 1. The van der Waals surface area contributed by atoms with E-state index in [9.17, 15) is 22.8 Å². The second-order valence-corrected chi connectivity index (χ2v) is 10.7. The van der Waals surface area contributed by atoms with Gasteiger partial charge in [-0.1, -0.05) is 41.4 Å². The molecule has 5 rings (SSSR count). The van der Waals surface area contributed by atoms with Gasteiger partial charge in [-0.3, -0.25) is 14.3 Å². The number of nitrogens with zero attached hydrogens (tertiary/aromatic N) is 3. The number of aliphatic carboxylic acids is 1. The van der Waals surface area contributed by atoms with Crippen molar-refractivity contribution in [3.05, 3.63) is 100 Å². The second kappa shape index (κ2) is 12.6. The highest BCUT2D eigenvalue weighted by molar-refractivity contribution is 6.35. The van der Waals surface area contributed by atoms with Crippen LogP contribution in [0.3, 0.4) is 0 Å². The van der Waals surface area contributed by atoms with Crippen LogP contribution in [0.25, 0.3) is 33.5 Å². The summed E-state index contributed by atoms with van der Waals surface area (Å²) in [5, 5.41) is 17.5. The van der Waals surface area contributed by atoms with Gasteiger partial charge in [-0.2, -0.15) is 5.10 Å². The van der Waals surface area contributed by atoms with Gasteiger partial charge in [0.1, 0.15) is 5.75 Å². The fourth-order valence-corrected chi connectivity index (χ4v) is 5.13. The molecule has 1 unspecified atom stereocenters. The van der Waals surface area contributed by atoms with E-state index >= 15 is 0 Å². The topological polar surface area (TPSA) is 106 Å². The second-order valence-electron chi connectivity index (χ2n) is 9.81. The SMILES string of the molecule is CC(c1ccc(C(=O)NCCC(=O)O)cc1)n1nc(-c2cc(Cl)cc(Cl)c2)cc1-c1ccc2cc(OC(F)(F)F)ccc2n1. The van der Waals surface area contributed by atoms with Gasteiger partial charge in [0.25, 0.3) is 5.91 Å². The molecular weight excluding hydrogens is 620 g/mol. The van der Waals surface area contributed by atoms with Crippen LogP contribution in [0.15, 0.2) is 78.9 Å². The molecule has 13 heteroatoms. The molecule has 1 atom stereocenters. The number of nitrogens with one attached hydrogen (secondary N) is 1. The lowest BCUT2D eigenvalue weighted by molar-refractivity contribution is -0.274. The molecule has 0 aliphatic rings. The van der Waals surface area contributed by atoms with E-state index in [1.165, 1.54) is 18.2 Å². The maximum atomic E-state index is 12.7. The highest BCUT2D eigenvalue weighted by Crippen LogP contribution is 2.34. The lowest BCUT2D eigenvalue weighted by Gasteiger charge is -2.17. The van der Waals surface area contributed by atoms with Crippen molar-refractivity contribution < 1.29 is 32.6 Å². The van der Waals surface area contributed by atoms with Crippen molar-refractivity contribution in [3.63, 3.8) is 0 Å². The lowest BCUT2D eigenvalue weighted by atomic mass is 10.1. The third-order valence-corrected chi connectivity index (χ3v) is 7.13. The fourth-order valence-electron chi connectivity index (χ4n) is 4.61. The molecule has 0 saturated carbocycles. The highest BCUT2D eigenvalue weighted by Gasteiger charge is 2.31. The Labute approximate surface area is 259 Å². The number of hydrogen-bond donors (Lipinski definition) is 2. The van der Waals surface area contributed by atoms with Crippen molar-refractivity contribution >= 4 is 46.0 Å². The van der Waals surface area contributed by atoms with E-state index in [4.69, 9.17) is 38.4 Å². The van der Waals surface area contributed by atoms with Crippen LogP contribution in [0, 0.1) is 0 Å². The molecule has 3 aromatic carbocycles. The monoisotopic (exact) mass is 642 g/mol. The zero-order valence-corrected chi connectivity index (χ0v) is 24.4. The molecule has 0 fully saturated rings. The summed E-state index contributed by atoms with van der Waals surface area (Å²) in [6, 6.07) is 20.6. The Hall–Kier alpha value is -4.61. The Morgan fingerprint density at radius 1 is 0.955 bits per heavy atom. The van der Waals surface area contributed by atoms with Crippen LogP contribution in [-0.4, -0.2) is 44.7 Å². The number of ether oxygens (including phenoxy) is 1. The summed E-state index contributed by atoms with van der Waals surface area (Å²) < 4.78 is 43.9. The number of fused-ring (bicyclic) bond motifs is 1. The molecule has 2 N–H and O–H groups in total. The number of benzene rings is 3. The molecular formula is C31H23Cl2F3N4O4. The van der Waals surface area contributed by atoms with Gasteiger partial charge in [-0.05, 0) is 73.2 Å². The van der Waals surface area contributed by atoms with Crippen LogP contribution < -0.4 is 10.1 Å². The average molecular weight is 643 g/mol. The first-order valence-electron chi connectivity index (χ1n) is 13.2. The molecule has 226 valence electrons. The van der Waals surface area contributed by atoms with Crippen molar-refractivity contribution in [3.8, 4) is 28.4 Å². The van der Waals surface area contributed by atoms with Crippen molar-refractivity contribution in [2.75, 3.05) is 6.54 Å². The van der Waals surface area contributed by atoms with Crippen LogP contribution in [0.1, 0.15) is 35.3 Å². The van der Waals surface area contributed by atoms with Crippen LogP contribution in [0.4, 0.5) is 13.2 Å². The number of hydrogen-bond acceptors (Lipinski definition) is 5. The predicted molar refractivity (Wildman–Crippen MR) is 160 cm³/mol. The molecule has 2 aromatic heterocycles. The van der Waals surface area contributed by atoms with Gasteiger partial charge < -0.3 is 15.2 Å². The van der Waals surface area contributed by atoms with Gasteiger partial charge in [0.15, 0.2) is 0 Å². The molecule has 0 radical (unpaired) electrons. The maximum Gasteiger partial charge on any atom is 0.573 e. The normalized spacial score (nSPS) is 12.2. The number of alkyl halides is 3. The van der Waals surface area contributed by atoms with Gasteiger partial charge >= 0.3 is 12.3 Å². The average Bonchev–Trinajstić information content (AvgIpc) is 3.41. The Morgan fingerprint density at radius 3 is 2.32 bits per heavy atom. The molecule has 0 bridgehead atoms. The number of aromatic nitrogens is 3. The minimum Gasteiger partial charge on any atom is -0.481 e. The molecule has 44 heavy (non-hydrogen) atoms. The van der Waals surface area contributed by atoms with Crippen LogP contribution in [0.5, 0.6) is 5.75 Å². The van der Waals surface area contributed by atoms with E-state index in [1.807, 2.05) is 13.0 Å². The molecule has 2 heterocycles. The third-order valence-electron chi connectivity index (χ3n) is 6.70. The Bertz CT molecular complexity index is 1840. The summed E-state index contributed by atoms with van der Waals surface area (Å²) in [6.07, 6.45) is -5.00. The number of carboxylic acid groups (broad SMARTS) is 1. The fraction of sp³-hybridized carbons (Fsp3) is 0.161. The first kappa shape index (κ1) is 30.8. The van der Waals surface area contributed by atoms with Gasteiger partial charge in [0.2, 0.25) is 0 Å². The molecule has 0 spiro atoms. The predicted octanol–water partition coefficient (Wildman–Crippen LogP) is 7.78. The Morgan fingerprint density at radius 2 is 1.66 bits per heavy atom. The third kappa shape index (κ3) is 7.29. The summed E-state index contributed by atoms with van der Waals surface area (Å²) in [4.78, 5) is 27.8. The van der Waals surface area contributed by atoms with Gasteiger partial charge in [0, 0.05) is 33.1 Å². The van der Waals surface area contributed by atoms with E-state index in [0.717, 1.165) is 5.56 Å². The summed E-state index contributed by atoms with van der Waals surface area (Å²) in [7, 11) is 0. The van der Waals surface area contributed by atoms with Crippen LogP contribution in [0.2, 0.25) is 10.0 Å². The molecule has 0 saturated heterocycles. The molecule has 0 aliphatic carbocycles. The number of halogens is 5. The van der Waals surface area contributed by atoms with Gasteiger partial charge in [0.05, 0.1) is 35.1 Å². The number of carbonyl (C=O) groups is 2. The van der Waals surface area contributed by atoms with Crippen molar-refractivity contribution in [2.24, 2.45) is 0 Å². The quantitative estimate of drug-likeness (QED) is 0.170. The van der Waals surface area contributed by atoms with E-state index in [0.29, 0.717) is 49.2 Å². The maximum absolute atomic E-state index is 12.7. The Balaban J connectivity index is 1.52. The number of amides is 1. The summed E-state index contributed by atoms with van der Waals surface area (Å²) >= 11 is 12.5. The Kier molecular flexibility index (Phi) is 8.80. The first-order chi connectivity index (χ1) is 20.9. The zero-order valence-electron chi connectivity index (χ0n) is 22.9. The standard InChI is InChI=1S/C31H23Cl2F3N4O4/c1-17(18-2-4-19(5-3-18)30(43)37-11-10-29(41)42)40-28(16-27(39-40)21-12-22(32)15-23(33)13-21)26-8-6-20-14-24(44-31(34,35)36)7-9-25(20)38-26/h2-9,12-17H,10-11H2,1H3,(H,37,43)(H,41,42). The van der Waals surface area contributed by atoms with Gasteiger partial charge in [-0.15, -0.1) is 13.2 Å².